The first-order valence-electron chi connectivity index (χ1n) is 7.21. The van der Waals surface area contributed by atoms with Crippen LogP contribution in [0, 0.1) is 0 Å². The number of hydrogen-bond donors (Lipinski definition) is 1. The minimum atomic E-state index is -2.77. The molecule has 0 saturated carbocycles. The lowest BCUT2D eigenvalue weighted by Crippen LogP contribution is -2.13. The molecule has 1 N–H and O–H groups in total. The van der Waals surface area contributed by atoms with E-state index in [1.165, 1.54) is 0 Å². The third-order valence-corrected chi connectivity index (χ3v) is 5.39. The summed E-state index contributed by atoms with van der Waals surface area (Å²) in [7, 11) is 0. The third kappa shape index (κ3) is 5.63. The average molecular weight is 340 g/mol. The first-order chi connectivity index (χ1) is 10.6. The molecule has 22 heavy (non-hydrogen) atoms. The Balaban J connectivity index is 1.93. The van der Waals surface area contributed by atoms with Gasteiger partial charge in [-0.1, -0.05) is 30.3 Å². The second-order valence-corrected chi connectivity index (χ2v) is 7.74. The van der Waals surface area contributed by atoms with Gasteiger partial charge in [0.1, 0.15) is 5.82 Å². The Labute approximate surface area is 136 Å². The fourth-order valence-electron chi connectivity index (χ4n) is 1.92. The highest BCUT2D eigenvalue weighted by molar-refractivity contribution is 8.07. The molecular formula is C15H21N2O3PS. The summed E-state index contributed by atoms with van der Waals surface area (Å²) in [5, 5.41) is 0. The summed E-state index contributed by atoms with van der Waals surface area (Å²) in [4.78, 5) is 7.24. The van der Waals surface area contributed by atoms with Crippen LogP contribution in [0.25, 0.3) is 0 Å². The van der Waals surface area contributed by atoms with Gasteiger partial charge in [0.05, 0.1) is 19.3 Å². The van der Waals surface area contributed by atoms with Crippen LogP contribution >= 0.6 is 6.72 Å². The largest absolute Gasteiger partial charge is 0.349 e. The van der Waals surface area contributed by atoms with E-state index in [1.807, 2.05) is 44.2 Å². The van der Waals surface area contributed by atoms with E-state index < -0.39 is 6.72 Å². The zero-order valence-electron chi connectivity index (χ0n) is 12.8. The van der Waals surface area contributed by atoms with Crippen LogP contribution in [0.15, 0.2) is 42.7 Å². The van der Waals surface area contributed by atoms with Crippen LogP contribution in [0.3, 0.4) is 0 Å². The molecule has 0 bridgehead atoms. The number of aromatic amines is 1. The van der Waals surface area contributed by atoms with Gasteiger partial charge in [-0.05, 0) is 31.2 Å². The molecule has 0 fully saturated rings. The number of H-pyrrole nitrogens is 1. The number of hydrogen-bond acceptors (Lipinski definition) is 5. The van der Waals surface area contributed by atoms with Gasteiger partial charge in [0.2, 0.25) is 0 Å². The Morgan fingerprint density at radius 3 is 2.68 bits per heavy atom. The van der Waals surface area contributed by atoms with Crippen LogP contribution in [0.4, 0.5) is 0 Å². The lowest BCUT2D eigenvalue weighted by Gasteiger charge is -2.24. The van der Waals surface area contributed by atoms with Gasteiger partial charge in [-0.15, -0.1) is 0 Å². The summed E-state index contributed by atoms with van der Waals surface area (Å²) < 4.78 is 17.3. The highest BCUT2D eigenvalue weighted by atomic mass is 32.5. The SMILES string of the molecule is CCOP(=S)(OCc1ccccc1)O[C@@H](C)Cc1ncc[nH]1. The lowest BCUT2D eigenvalue weighted by atomic mass is 10.2. The molecule has 0 amide bonds. The normalized spacial score (nSPS) is 15.4. The van der Waals surface area contributed by atoms with Crippen LogP contribution in [0.5, 0.6) is 0 Å². The molecule has 0 saturated heterocycles. The Kier molecular flexibility index (Phi) is 6.73. The first kappa shape index (κ1) is 17.3. The molecule has 2 aromatic rings. The maximum Gasteiger partial charge on any atom is 0.327 e. The number of nitrogens with zero attached hydrogens (tertiary/aromatic N) is 1. The summed E-state index contributed by atoms with van der Waals surface area (Å²) in [6.45, 7) is 1.89. The quantitative estimate of drug-likeness (QED) is 0.703. The molecule has 120 valence electrons. The van der Waals surface area contributed by atoms with Crippen molar-refractivity contribution in [2.75, 3.05) is 6.61 Å². The van der Waals surface area contributed by atoms with E-state index in [-0.39, 0.29) is 6.10 Å². The van der Waals surface area contributed by atoms with E-state index in [9.17, 15) is 0 Å². The molecule has 1 heterocycles. The second kappa shape index (κ2) is 8.56. The molecule has 7 heteroatoms. The van der Waals surface area contributed by atoms with Gasteiger partial charge in [0.15, 0.2) is 0 Å². The predicted octanol–water partition coefficient (Wildman–Crippen LogP) is 3.84. The number of imidazole rings is 1. The zero-order chi connectivity index (χ0) is 15.8. The monoisotopic (exact) mass is 340 g/mol. The number of aromatic nitrogens is 2. The van der Waals surface area contributed by atoms with Crippen LogP contribution < -0.4 is 0 Å². The standard InChI is InChI=1S/C15H21N2O3PS/c1-3-18-21(22,19-12-14-7-5-4-6-8-14)20-13(2)11-15-16-9-10-17-15/h4-10,13H,3,11-12H2,1-2H3,(H,16,17)/t13-,21?/m0/s1. The van der Waals surface area contributed by atoms with Crippen molar-refractivity contribution in [3.05, 3.63) is 54.1 Å². The molecule has 0 aliphatic heterocycles. The molecule has 0 radical (unpaired) electrons. The third-order valence-electron chi connectivity index (χ3n) is 2.86. The summed E-state index contributed by atoms with van der Waals surface area (Å²) >= 11 is 5.49. The average Bonchev–Trinajstić information content (AvgIpc) is 2.99. The first-order valence-corrected chi connectivity index (χ1v) is 9.76. The smallest absolute Gasteiger partial charge is 0.327 e. The van der Waals surface area contributed by atoms with E-state index in [0.717, 1.165) is 11.4 Å². The van der Waals surface area contributed by atoms with E-state index >= 15 is 0 Å². The Morgan fingerprint density at radius 1 is 1.27 bits per heavy atom. The van der Waals surface area contributed by atoms with Gasteiger partial charge < -0.3 is 18.6 Å². The molecule has 0 aliphatic carbocycles. The minimum Gasteiger partial charge on any atom is -0.349 e. The van der Waals surface area contributed by atoms with Crippen LogP contribution in [0.1, 0.15) is 25.2 Å². The van der Waals surface area contributed by atoms with Crippen molar-refractivity contribution in [2.45, 2.75) is 33.0 Å². The number of benzene rings is 1. The van der Waals surface area contributed by atoms with E-state index in [2.05, 4.69) is 9.97 Å². The van der Waals surface area contributed by atoms with Gasteiger partial charge in [-0.25, -0.2) is 4.98 Å². The molecule has 1 aromatic carbocycles. The van der Waals surface area contributed by atoms with Crippen molar-refractivity contribution in [2.24, 2.45) is 0 Å². The number of nitrogens with one attached hydrogen (secondary N) is 1. The van der Waals surface area contributed by atoms with Gasteiger partial charge >= 0.3 is 6.72 Å². The van der Waals surface area contributed by atoms with Crippen molar-refractivity contribution < 1.29 is 13.6 Å². The summed E-state index contributed by atoms with van der Waals surface area (Å²) in [6.07, 6.45) is 3.99. The Bertz CT molecular complexity index is 592. The van der Waals surface area contributed by atoms with Gasteiger partial charge in [-0.2, -0.15) is 0 Å². The molecule has 1 unspecified atom stereocenters. The summed E-state index contributed by atoms with van der Waals surface area (Å²) in [5.41, 5.74) is 1.04. The second-order valence-electron chi connectivity index (χ2n) is 4.78. The summed E-state index contributed by atoms with van der Waals surface area (Å²) in [6, 6.07) is 9.85. The Hall–Kier alpha value is -1.04. The maximum atomic E-state index is 5.89. The zero-order valence-corrected chi connectivity index (χ0v) is 14.5. The highest BCUT2D eigenvalue weighted by Crippen LogP contribution is 2.51. The van der Waals surface area contributed by atoms with Crippen LogP contribution in [0.2, 0.25) is 0 Å². The van der Waals surface area contributed by atoms with Crippen molar-refractivity contribution in [3.63, 3.8) is 0 Å². The fourth-order valence-corrected chi connectivity index (χ4v) is 4.17. The van der Waals surface area contributed by atoms with Crippen molar-refractivity contribution in [3.8, 4) is 0 Å². The maximum absolute atomic E-state index is 5.89. The van der Waals surface area contributed by atoms with Gasteiger partial charge in [0, 0.05) is 18.8 Å². The van der Waals surface area contributed by atoms with Crippen LogP contribution in [-0.2, 0) is 38.4 Å². The number of rotatable bonds is 9. The van der Waals surface area contributed by atoms with E-state index in [1.54, 1.807) is 12.4 Å². The predicted molar refractivity (Wildman–Crippen MR) is 90.0 cm³/mol. The summed E-state index contributed by atoms with van der Waals surface area (Å²) in [5.74, 6) is 0.855. The van der Waals surface area contributed by atoms with Gasteiger partial charge in [0.25, 0.3) is 0 Å². The minimum absolute atomic E-state index is 0.140. The topological polar surface area (TPSA) is 56.4 Å². The van der Waals surface area contributed by atoms with Crippen molar-refractivity contribution in [1.82, 2.24) is 9.97 Å². The Morgan fingerprint density at radius 2 is 2.05 bits per heavy atom. The van der Waals surface area contributed by atoms with E-state index in [4.69, 9.17) is 25.4 Å². The van der Waals surface area contributed by atoms with Gasteiger partial charge in [-0.3, -0.25) is 0 Å². The van der Waals surface area contributed by atoms with Crippen molar-refractivity contribution in [1.29, 1.82) is 0 Å². The molecule has 2 atom stereocenters. The van der Waals surface area contributed by atoms with Crippen LogP contribution in [-0.4, -0.2) is 22.7 Å². The van der Waals surface area contributed by atoms with E-state index in [0.29, 0.717) is 19.6 Å². The molecule has 0 spiro atoms. The molecular weight excluding hydrogens is 319 g/mol. The lowest BCUT2D eigenvalue weighted by molar-refractivity contribution is 0.121. The molecule has 2 rings (SSSR count). The highest BCUT2D eigenvalue weighted by Gasteiger charge is 2.24. The molecule has 1 aromatic heterocycles. The van der Waals surface area contributed by atoms with Crippen molar-refractivity contribution >= 4 is 18.5 Å². The molecule has 0 aliphatic rings. The molecule has 5 nitrogen and oxygen atoms in total. The fraction of sp³-hybridized carbons (Fsp3) is 0.400.